The van der Waals surface area contributed by atoms with E-state index in [0.717, 1.165) is 49.9 Å². The van der Waals surface area contributed by atoms with E-state index in [2.05, 4.69) is 20.8 Å². The SMILES string of the molecule is Cc1cc(C)n(-c2ccc(=O)n(C3CCC(NC(=O)NC4CCCCCC4)CC3)n2)n1. The van der Waals surface area contributed by atoms with Crippen LogP contribution in [0.3, 0.4) is 0 Å². The molecule has 0 aromatic carbocycles. The van der Waals surface area contributed by atoms with Crippen LogP contribution < -0.4 is 16.2 Å². The van der Waals surface area contributed by atoms with Crippen LogP contribution in [0.1, 0.15) is 81.6 Å². The van der Waals surface area contributed by atoms with Gasteiger partial charge in [0, 0.05) is 23.8 Å². The number of carbonyl (C=O) groups excluding carboxylic acids is 1. The molecule has 2 aliphatic carbocycles. The second-order valence-electron chi connectivity index (χ2n) is 9.12. The zero-order valence-corrected chi connectivity index (χ0v) is 18.6. The van der Waals surface area contributed by atoms with Gasteiger partial charge in [0.15, 0.2) is 5.82 Å². The molecule has 31 heavy (non-hydrogen) atoms. The molecule has 2 fully saturated rings. The smallest absolute Gasteiger partial charge is 0.315 e. The second kappa shape index (κ2) is 9.66. The quantitative estimate of drug-likeness (QED) is 0.731. The van der Waals surface area contributed by atoms with Crippen molar-refractivity contribution in [2.75, 3.05) is 0 Å². The van der Waals surface area contributed by atoms with Crippen molar-refractivity contribution in [2.24, 2.45) is 0 Å². The van der Waals surface area contributed by atoms with Crippen molar-refractivity contribution in [3.05, 3.63) is 39.9 Å². The second-order valence-corrected chi connectivity index (χ2v) is 9.12. The third kappa shape index (κ3) is 5.35. The Labute approximate surface area is 183 Å². The largest absolute Gasteiger partial charge is 0.335 e. The van der Waals surface area contributed by atoms with E-state index in [0.29, 0.717) is 11.9 Å². The van der Waals surface area contributed by atoms with Crippen LogP contribution in [0.5, 0.6) is 0 Å². The Morgan fingerprint density at radius 2 is 1.55 bits per heavy atom. The van der Waals surface area contributed by atoms with Gasteiger partial charge in [0.2, 0.25) is 0 Å². The fourth-order valence-corrected chi connectivity index (χ4v) is 4.95. The normalized spacial score (nSPS) is 22.6. The first-order valence-electron chi connectivity index (χ1n) is 11.7. The van der Waals surface area contributed by atoms with Crippen LogP contribution in [0, 0.1) is 13.8 Å². The molecule has 2 aromatic rings. The lowest BCUT2D eigenvalue weighted by Gasteiger charge is -2.30. The third-order valence-electron chi connectivity index (χ3n) is 6.61. The predicted octanol–water partition coefficient (Wildman–Crippen LogP) is 3.55. The zero-order chi connectivity index (χ0) is 21.8. The summed E-state index contributed by atoms with van der Waals surface area (Å²) in [4.78, 5) is 24.9. The molecule has 2 N–H and O–H groups in total. The first kappa shape index (κ1) is 21.6. The van der Waals surface area contributed by atoms with Gasteiger partial charge < -0.3 is 10.6 Å². The van der Waals surface area contributed by atoms with E-state index in [4.69, 9.17) is 0 Å². The van der Waals surface area contributed by atoms with Crippen molar-refractivity contribution in [2.45, 2.75) is 96.2 Å². The summed E-state index contributed by atoms with van der Waals surface area (Å²) in [5, 5.41) is 15.4. The van der Waals surface area contributed by atoms with Gasteiger partial charge in [-0.2, -0.15) is 5.10 Å². The number of urea groups is 1. The molecule has 0 bridgehead atoms. The van der Waals surface area contributed by atoms with E-state index < -0.39 is 0 Å². The zero-order valence-electron chi connectivity index (χ0n) is 18.6. The van der Waals surface area contributed by atoms with Crippen molar-refractivity contribution < 1.29 is 4.79 Å². The van der Waals surface area contributed by atoms with Gasteiger partial charge in [-0.15, -0.1) is 5.10 Å². The summed E-state index contributed by atoms with van der Waals surface area (Å²) in [5.41, 5.74) is 1.82. The van der Waals surface area contributed by atoms with Gasteiger partial charge >= 0.3 is 6.03 Å². The summed E-state index contributed by atoms with van der Waals surface area (Å²) in [6.07, 6.45) is 10.5. The third-order valence-corrected chi connectivity index (χ3v) is 6.61. The van der Waals surface area contributed by atoms with Crippen molar-refractivity contribution in [1.82, 2.24) is 30.2 Å². The molecule has 0 saturated heterocycles. The standard InChI is InChI=1S/C23H34N6O2/c1-16-15-17(2)28(26-16)21-13-14-22(30)29(27-21)20-11-9-19(10-12-20)25-23(31)24-18-7-5-3-4-6-8-18/h13-15,18-20H,3-12H2,1-2H3,(H2,24,25,31). The highest BCUT2D eigenvalue weighted by atomic mass is 16.2. The van der Waals surface area contributed by atoms with Crippen molar-refractivity contribution in [3.8, 4) is 5.82 Å². The van der Waals surface area contributed by atoms with E-state index in [9.17, 15) is 9.59 Å². The Bertz CT molecular complexity index is 949. The Morgan fingerprint density at radius 1 is 0.903 bits per heavy atom. The number of nitrogens with one attached hydrogen (secondary N) is 2. The average molecular weight is 427 g/mol. The van der Waals surface area contributed by atoms with E-state index >= 15 is 0 Å². The maximum Gasteiger partial charge on any atom is 0.315 e. The molecule has 2 aliphatic rings. The molecule has 8 heteroatoms. The van der Waals surface area contributed by atoms with Crippen LogP contribution in [0.2, 0.25) is 0 Å². The number of carbonyl (C=O) groups is 1. The highest BCUT2D eigenvalue weighted by molar-refractivity contribution is 5.74. The molecule has 0 unspecified atom stereocenters. The Hall–Kier alpha value is -2.64. The van der Waals surface area contributed by atoms with Gasteiger partial charge in [0.05, 0.1) is 11.7 Å². The molecule has 2 aromatic heterocycles. The van der Waals surface area contributed by atoms with Crippen LogP contribution in [0.4, 0.5) is 4.79 Å². The molecule has 0 spiro atoms. The van der Waals surface area contributed by atoms with Crippen molar-refractivity contribution in [1.29, 1.82) is 0 Å². The van der Waals surface area contributed by atoms with Gasteiger partial charge in [0.25, 0.3) is 5.56 Å². The van der Waals surface area contributed by atoms with E-state index in [1.807, 2.05) is 19.9 Å². The average Bonchev–Trinajstić information content (AvgIpc) is 2.92. The van der Waals surface area contributed by atoms with Crippen molar-refractivity contribution >= 4 is 6.03 Å². The molecular weight excluding hydrogens is 392 g/mol. The molecule has 8 nitrogen and oxygen atoms in total. The first-order chi connectivity index (χ1) is 15.0. The number of hydrogen-bond acceptors (Lipinski definition) is 4. The summed E-state index contributed by atoms with van der Waals surface area (Å²) in [6.45, 7) is 3.92. The van der Waals surface area contributed by atoms with Crippen LogP contribution >= 0.6 is 0 Å². The molecular formula is C23H34N6O2. The minimum Gasteiger partial charge on any atom is -0.335 e. The highest BCUT2D eigenvalue weighted by Gasteiger charge is 2.26. The first-order valence-corrected chi connectivity index (χ1v) is 11.7. The number of amides is 2. The number of hydrogen-bond donors (Lipinski definition) is 2. The summed E-state index contributed by atoms with van der Waals surface area (Å²) >= 11 is 0. The Kier molecular flexibility index (Phi) is 6.73. The Balaban J connectivity index is 1.34. The number of aromatic nitrogens is 4. The van der Waals surface area contributed by atoms with E-state index in [1.165, 1.54) is 25.7 Å². The fraction of sp³-hybridized carbons (Fsp3) is 0.652. The highest BCUT2D eigenvalue weighted by Crippen LogP contribution is 2.27. The van der Waals surface area contributed by atoms with E-state index in [1.54, 1.807) is 21.5 Å². The number of nitrogens with zero attached hydrogens (tertiary/aromatic N) is 4. The van der Waals surface area contributed by atoms with Gasteiger partial charge in [-0.25, -0.2) is 14.2 Å². The lowest BCUT2D eigenvalue weighted by Crippen LogP contribution is -2.47. The molecule has 2 heterocycles. The molecule has 0 atom stereocenters. The van der Waals surface area contributed by atoms with Gasteiger partial charge in [-0.3, -0.25) is 4.79 Å². The molecule has 168 valence electrons. The molecule has 4 rings (SSSR count). The predicted molar refractivity (Wildman–Crippen MR) is 120 cm³/mol. The van der Waals surface area contributed by atoms with Crippen LogP contribution in [-0.2, 0) is 0 Å². The number of aryl methyl sites for hydroxylation is 2. The van der Waals surface area contributed by atoms with Crippen LogP contribution in [0.15, 0.2) is 23.0 Å². The summed E-state index contributed by atoms with van der Waals surface area (Å²) in [5.74, 6) is 0.660. The monoisotopic (exact) mass is 426 g/mol. The van der Waals surface area contributed by atoms with E-state index in [-0.39, 0.29) is 23.7 Å². The van der Waals surface area contributed by atoms with Gasteiger partial charge in [0.1, 0.15) is 0 Å². The van der Waals surface area contributed by atoms with Crippen molar-refractivity contribution in [3.63, 3.8) is 0 Å². The summed E-state index contributed by atoms with van der Waals surface area (Å²) < 4.78 is 3.38. The Morgan fingerprint density at radius 3 is 2.16 bits per heavy atom. The lowest BCUT2D eigenvalue weighted by molar-refractivity contribution is 0.219. The lowest BCUT2D eigenvalue weighted by atomic mass is 9.91. The summed E-state index contributed by atoms with van der Waals surface area (Å²) in [6, 6.07) is 5.75. The van der Waals surface area contributed by atoms with Gasteiger partial charge in [-0.1, -0.05) is 25.7 Å². The minimum absolute atomic E-state index is 0.0443. The topological polar surface area (TPSA) is 93.8 Å². The fourth-order valence-electron chi connectivity index (χ4n) is 4.95. The molecule has 2 amide bonds. The molecule has 2 saturated carbocycles. The maximum atomic E-state index is 12.5. The summed E-state index contributed by atoms with van der Waals surface area (Å²) in [7, 11) is 0. The molecule has 0 aliphatic heterocycles. The molecule has 0 radical (unpaired) electrons. The maximum absolute atomic E-state index is 12.5. The number of rotatable bonds is 4. The van der Waals surface area contributed by atoms with Crippen LogP contribution in [-0.4, -0.2) is 37.7 Å². The minimum atomic E-state index is -0.0900. The van der Waals surface area contributed by atoms with Gasteiger partial charge in [-0.05, 0) is 64.5 Å². The van der Waals surface area contributed by atoms with Crippen LogP contribution in [0.25, 0.3) is 5.82 Å².